The second-order valence-electron chi connectivity index (χ2n) is 5.27. The van der Waals surface area contributed by atoms with E-state index < -0.39 is 40.7 Å². The van der Waals surface area contributed by atoms with E-state index in [0.717, 1.165) is 12.1 Å². The molecule has 3 N–H and O–H groups in total. The number of carboxylic acid groups (broad SMARTS) is 1. The molecule has 1 aromatic carbocycles. The molecule has 102 valence electrons. The molecule has 1 aliphatic carbocycles. The van der Waals surface area contributed by atoms with Gasteiger partial charge in [0.1, 0.15) is 0 Å². The molecule has 1 fully saturated rings. The number of hydrogen-bond acceptors (Lipinski definition) is 3. The standard InChI is InChI=1S/C13H14FNO4/c1-13(2)9(10(13)12(18)19)11(17)15-6-3-4-8(16)7(14)5-6/h3-5,9-10,16H,1-2H3,(H,15,17)(H,18,19). The topological polar surface area (TPSA) is 86.6 Å². The number of carboxylic acids is 1. The molecule has 1 aromatic rings. The third kappa shape index (κ3) is 2.25. The Morgan fingerprint density at radius 3 is 2.42 bits per heavy atom. The minimum absolute atomic E-state index is 0.187. The second kappa shape index (κ2) is 4.22. The smallest absolute Gasteiger partial charge is 0.307 e. The number of anilines is 1. The van der Waals surface area contributed by atoms with Crippen molar-refractivity contribution in [2.45, 2.75) is 13.8 Å². The zero-order valence-electron chi connectivity index (χ0n) is 10.5. The number of nitrogens with one attached hydrogen (secondary N) is 1. The van der Waals surface area contributed by atoms with Crippen molar-refractivity contribution in [1.82, 2.24) is 0 Å². The maximum absolute atomic E-state index is 13.1. The highest BCUT2D eigenvalue weighted by Crippen LogP contribution is 2.58. The number of halogens is 1. The lowest BCUT2D eigenvalue weighted by Gasteiger charge is -2.06. The Labute approximate surface area is 109 Å². The average molecular weight is 267 g/mol. The van der Waals surface area contributed by atoms with Crippen molar-refractivity contribution in [3.05, 3.63) is 24.0 Å². The maximum atomic E-state index is 13.1. The molecule has 1 saturated carbocycles. The molecule has 0 spiro atoms. The number of phenolic OH excluding ortho intramolecular Hbond substituents is 1. The third-order valence-corrected chi connectivity index (χ3v) is 3.59. The number of carbonyl (C=O) groups is 2. The average Bonchev–Trinajstić information content (AvgIpc) is 2.87. The number of aromatic hydroxyl groups is 1. The maximum Gasteiger partial charge on any atom is 0.307 e. The van der Waals surface area contributed by atoms with E-state index >= 15 is 0 Å². The summed E-state index contributed by atoms with van der Waals surface area (Å²) in [6.07, 6.45) is 0. The summed E-state index contributed by atoms with van der Waals surface area (Å²) in [7, 11) is 0. The first kappa shape index (κ1) is 13.3. The van der Waals surface area contributed by atoms with Gasteiger partial charge < -0.3 is 15.5 Å². The Morgan fingerprint density at radius 2 is 1.95 bits per heavy atom. The van der Waals surface area contributed by atoms with Gasteiger partial charge in [-0.1, -0.05) is 13.8 Å². The van der Waals surface area contributed by atoms with E-state index in [-0.39, 0.29) is 5.69 Å². The molecule has 2 rings (SSSR count). The fraction of sp³-hybridized carbons (Fsp3) is 0.385. The van der Waals surface area contributed by atoms with Crippen LogP contribution >= 0.6 is 0 Å². The van der Waals surface area contributed by atoms with Gasteiger partial charge in [0.2, 0.25) is 5.91 Å². The van der Waals surface area contributed by atoms with Crippen LogP contribution in [0.4, 0.5) is 10.1 Å². The Bertz CT molecular complexity index is 556. The van der Waals surface area contributed by atoms with E-state index in [9.17, 15) is 14.0 Å². The predicted octanol–water partition coefficient (Wildman–Crippen LogP) is 1.83. The monoisotopic (exact) mass is 267 g/mol. The fourth-order valence-corrected chi connectivity index (χ4v) is 2.39. The molecule has 5 nitrogen and oxygen atoms in total. The van der Waals surface area contributed by atoms with Gasteiger partial charge >= 0.3 is 5.97 Å². The van der Waals surface area contributed by atoms with Crippen LogP contribution in [0.2, 0.25) is 0 Å². The van der Waals surface area contributed by atoms with Gasteiger partial charge in [0.15, 0.2) is 11.6 Å². The molecule has 0 saturated heterocycles. The first-order valence-electron chi connectivity index (χ1n) is 5.77. The first-order chi connectivity index (χ1) is 8.75. The van der Waals surface area contributed by atoms with Gasteiger partial charge in [-0.2, -0.15) is 0 Å². The largest absolute Gasteiger partial charge is 0.505 e. The highest BCUT2D eigenvalue weighted by Gasteiger charge is 2.65. The predicted molar refractivity (Wildman–Crippen MR) is 65.1 cm³/mol. The van der Waals surface area contributed by atoms with Crippen LogP contribution in [-0.4, -0.2) is 22.1 Å². The molecule has 0 heterocycles. The van der Waals surface area contributed by atoms with Crippen LogP contribution in [0.5, 0.6) is 5.75 Å². The highest BCUT2D eigenvalue weighted by atomic mass is 19.1. The summed E-state index contributed by atoms with van der Waals surface area (Å²) in [6.45, 7) is 3.40. The van der Waals surface area contributed by atoms with Crippen molar-refractivity contribution in [3.63, 3.8) is 0 Å². The number of rotatable bonds is 3. The molecule has 2 atom stereocenters. The fourth-order valence-electron chi connectivity index (χ4n) is 2.39. The molecular formula is C13H14FNO4. The summed E-state index contributed by atoms with van der Waals surface area (Å²) in [6, 6.07) is 3.46. The Hall–Kier alpha value is -2.11. The van der Waals surface area contributed by atoms with Crippen molar-refractivity contribution in [3.8, 4) is 5.75 Å². The summed E-state index contributed by atoms with van der Waals surface area (Å²) in [5, 5.41) is 20.5. The van der Waals surface area contributed by atoms with Gasteiger partial charge in [0.25, 0.3) is 0 Å². The molecule has 1 amide bonds. The number of aliphatic carboxylic acids is 1. The zero-order chi connectivity index (χ0) is 14.4. The second-order valence-corrected chi connectivity index (χ2v) is 5.27. The van der Waals surface area contributed by atoms with E-state index in [1.165, 1.54) is 6.07 Å². The number of benzene rings is 1. The lowest BCUT2D eigenvalue weighted by molar-refractivity contribution is -0.140. The molecule has 0 aromatic heterocycles. The third-order valence-electron chi connectivity index (χ3n) is 3.59. The number of carbonyl (C=O) groups excluding carboxylic acids is 1. The quantitative estimate of drug-likeness (QED) is 0.729. The minimum Gasteiger partial charge on any atom is -0.505 e. The Kier molecular flexibility index (Phi) is 2.96. The first-order valence-corrected chi connectivity index (χ1v) is 5.77. The zero-order valence-corrected chi connectivity index (χ0v) is 10.5. The molecular weight excluding hydrogens is 253 g/mol. The summed E-state index contributed by atoms with van der Waals surface area (Å²) in [4.78, 5) is 22.9. The number of phenols is 1. The summed E-state index contributed by atoms with van der Waals surface area (Å²) in [5.74, 6) is -4.18. The van der Waals surface area contributed by atoms with Crippen LogP contribution in [0.3, 0.4) is 0 Å². The van der Waals surface area contributed by atoms with Gasteiger partial charge in [-0.25, -0.2) is 4.39 Å². The molecule has 0 aliphatic heterocycles. The van der Waals surface area contributed by atoms with Crippen LogP contribution in [0.25, 0.3) is 0 Å². The van der Waals surface area contributed by atoms with Crippen LogP contribution in [-0.2, 0) is 9.59 Å². The minimum atomic E-state index is -1.01. The lowest BCUT2D eigenvalue weighted by Crippen LogP contribution is -2.17. The van der Waals surface area contributed by atoms with Crippen LogP contribution < -0.4 is 5.32 Å². The Morgan fingerprint density at radius 1 is 1.32 bits per heavy atom. The van der Waals surface area contributed by atoms with Crippen molar-refractivity contribution < 1.29 is 24.2 Å². The van der Waals surface area contributed by atoms with Crippen LogP contribution in [0, 0.1) is 23.1 Å². The van der Waals surface area contributed by atoms with Gasteiger partial charge in [0.05, 0.1) is 11.8 Å². The van der Waals surface area contributed by atoms with Gasteiger partial charge in [0, 0.05) is 11.8 Å². The van der Waals surface area contributed by atoms with E-state index in [2.05, 4.69) is 5.32 Å². The van der Waals surface area contributed by atoms with Crippen molar-refractivity contribution >= 4 is 17.6 Å². The molecule has 19 heavy (non-hydrogen) atoms. The number of amides is 1. The van der Waals surface area contributed by atoms with Crippen molar-refractivity contribution in [1.29, 1.82) is 0 Å². The lowest BCUT2D eigenvalue weighted by atomic mass is 10.1. The SMILES string of the molecule is CC1(C)C(C(=O)O)C1C(=O)Nc1ccc(O)c(F)c1. The van der Waals surface area contributed by atoms with Crippen LogP contribution in [0.15, 0.2) is 18.2 Å². The van der Waals surface area contributed by atoms with E-state index in [4.69, 9.17) is 10.2 Å². The highest BCUT2D eigenvalue weighted by molar-refractivity contribution is 5.99. The van der Waals surface area contributed by atoms with Gasteiger partial charge in [-0.3, -0.25) is 9.59 Å². The molecule has 6 heteroatoms. The number of hydrogen-bond donors (Lipinski definition) is 3. The Balaban J connectivity index is 2.10. The van der Waals surface area contributed by atoms with Crippen molar-refractivity contribution in [2.24, 2.45) is 17.3 Å². The normalized spacial score (nSPS) is 23.7. The van der Waals surface area contributed by atoms with Crippen molar-refractivity contribution in [2.75, 3.05) is 5.32 Å². The van der Waals surface area contributed by atoms with E-state index in [1.54, 1.807) is 13.8 Å². The molecule has 0 bridgehead atoms. The van der Waals surface area contributed by atoms with E-state index in [1.807, 2.05) is 0 Å². The molecule has 0 radical (unpaired) electrons. The van der Waals surface area contributed by atoms with E-state index in [0.29, 0.717) is 0 Å². The summed E-state index contributed by atoms with van der Waals surface area (Å²) >= 11 is 0. The molecule has 2 unspecified atom stereocenters. The molecule has 1 aliphatic rings. The summed E-state index contributed by atoms with van der Waals surface area (Å²) in [5.41, 5.74) is -0.419. The van der Waals surface area contributed by atoms with Crippen LogP contribution in [0.1, 0.15) is 13.8 Å². The summed E-state index contributed by atoms with van der Waals surface area (Å²) < 4.78 is 13.1. The van der Waals surface area contributed by atoms with Gasteiger partial charge in [-0.05, 0) is 17.5 Å². The van der Waals surface area contributed by atoms with Gasteiger partial charge in [-0.15, -0.1) is 0 Å².